The standard InChI is InChI=1S/C24H21ClN4O2S/c1-15-3-4-21(9-16(15)2)29-23(17-5-7-26-8-6-17)27-28-24(29)32-13-19-11-20(25)10-18-12-30-14-31-22(18)19/h3-11H,12-14H2,1-2H3. The van der Waals surface area contributed by atoms with Gasteiger partial charge in [0.25, 0.3) is 0 Å². The molecule has 0 amide bonds. The van der Waals surface area contributed by atoms with Gasteiger partial charge in [-0.05, 0) is 61.4 Å². The average Bonchev–Trinajstić information content (AvgIpc) is 3.23. The Balaban J connectivity index is 1.54. The van der Waals surface area contributed by atoms with Crippen LogP contribution in [-0.2, 0) is 17.1 Å². The molecule has 3 heterocycles. The van der Waals surface area contributed by atoms with Crippen LogP contribution in [0.5, 0.6) is 5.75 Å². The summed E-state index contributed by atoms with van der Waals surface area (Å²) < 4.78 is 13.3. The van der Waals surface area contributed by atoms with Crippen molar-refractivity contribution in [3.8, 4) is 22.8 Å². The van der Waals surface area contributed by atoms with Crippen LogP contribution in [0.25, 0.3) is 17.1 Å². The first-order chi connectivity index (χ1) is 15.6. The van der Waals surface area contributed by atoms with Crippen molar-refractivity contribution in [2.24, 2.45) is 0 Å². The van der Waals surface area contributed by atoms with Gasteiger partial charge in [-0.25, -0.2) is 0 Å². The van der Waals surface area contributed by atoms with Gasteiger partial charge in [-0.2, -0.15) is 0 Å². The summed E-state index contributed by atoms with van der Waals surface area (Å²) in [6.45, 7) is 4.96. The molecule has 0 saturated heterocycles. The van der Waals surface area contributed by atoms with E-state index >= 15 is 0 Å². The monoisotopic (exact) mass is 464 g/mol. The molecule has 8 heteroatoms. The van der Waals surface area contributed by atoms with E-state index in [4.69, 9.17) is 21.1 Å². The summed E-state index contributed by atoms with van der Waals surface area (Å²) in [5.74, 6) is 2.26. The van der Waals surface area contributed by atoms with Crippen molar-refractivity contribution in [2.75, 3.05) is 6.79 Å². The van der Waals surface area contributed by atoms with Crippen LogP contribution in [-0.4, -0.2) is 26.5 Å². The van der Waals surface area contributed by atoms with Gasteiger partial charge in [0.1, 0.15) is 5.75 Å². The van der Waals surface area contributed by atoms with Crippen LogP contribution < -0.4 is 4.74 Å². The molecule has 0 aliphatic carbocycles. The van der Waals surface area contributed by atoms with Crippen molar-refractivity contribution in [3.63, 3.8) is 0 Å². The first-order valence-electron chi connectivity index (χ1n) is 10.2. The smallest absolute Gasteiger partial charge is 0.196 e. The Morgan fingerprint density at radius 3 is 2.69 bits per heavy atom. The summed E-state index contributed by atoms with van der Waals surface area (Å²) >= 11 is 7.94. The second kappa shape index (κ2) is 8.94. The second-order valence-corrected chi connectivity index (χ2v) is 8.98. The summed E-state index contributed by atoms with van der Waals surface area (Å²) in [4.78, 5) is 4.13. The molecule has 0 radical (unpaired) electrons. The van der Waals surface area contributed by atoms with Gasteiger partial charge in [-0.15, -0.1) is 10.2 Å². The lowest BCUT2D eigenvalue weighted by Gasteiger charge is -2.21. The number of fused-ring (bicyclic) bond motifs is 1. The van der Waals surface area contributed by atoms with Crippen LogP contribution in [0.2, 0.25) is 5.02 Å². The predicted octanol–water partition coefficient (Wildman–Crippen LogP) is 5.76. The van der Waals surface area contributed by atoms with Crippen molar-refractivity contribution in [2.45, 2.75) is 31.4 Å². The summed E-state index contributed by atoms with van der Waals surface area (Å²) in [5, 5.41) is 10.5. The molecule has 0 fully saturated rings. The van der Waals surface area contributed by atoms with Gasteiger partial charge in [0.15, 0.2) is 17.8 Å². The number of benzene rings is 2. The summed E-state index contributed by atoms with van der Waals surface area (Å²) in [7, 11) is 0. The maximum absolute atomic E-state index is 6.35. The number of hydrogen-bond donors (Lipinski definition) is 0. The van der Waals surface area contributed by atoms with Crippen LogP contribution in [0, 0.1) is 13.8 Å². The molecule has 0 bridgehead atoms. The first-order valence-corrected chi connectivity index (χ1v) is 11.5. The highest BCUT2D eigenvalue weighted by atomic mass is 35.5. The number of pyridine rings is 1. The van der Waals surface area contributed by atoms with Gasteiger partial charge >= 0.3 is 0 Å². The van der Waals surface area contributed by atoms with Gasteiger partial charge in [0, 0.05) is 39.9 Å². The van der Waals surface area contributed by atoms with Crippen molar-refractivity contribution in [3.05, 3.63) is 82.1 Å². The number of aryl methyl sites for hydroxylation is 2. The van der Waals surface area contributed by atoms with E-state index in [2.05, 4.69) is 51.8 Å². The summed E-state index contributed by atoms with van der Waals surface area (Å²) in [6.07, 6.45) is 3.53. The zero-order valence-corrected chi connectivity index (χ0v) is 19.3. The van der Waals surface area contributed by atoms with E-state index in [1.165, 1.54) is 11.1 Å². The molecule has 4 aromatic rings. The van der Waals surface area contributed by atoms with Crippen LogP contribution in [0.4, 0.5) is 0 Å². The summed E-state index contributed by atoms with van der Waals surface area (Å²) in [6, 6.07) is 14.1. The third-order valence-corrected chi connectivity index (χ3v) is 6.63. The minimum absolute atomic E-state index is 0.247. The predicted molar refractivity (Wildman–Crippen MR) is 125 cm³/mol. The Kier molecular flexibility index (Phi) is 5.87. The fourth-order valence-corrected chi connectivity index (χ4v) is 4.84. The Bertz CT molecular complexity index is 1280. The number of aromatic nitrogens is 4. The van der Waals surface area contributed by atoms with Crippen molar-refractivity contribution in [1.82, 2.24) is 19.7 Å². The van der Waals surface area contributed by atoms with Crippen molar-refractivity contribution < 1.29 is 9.47 Å². The molecule has 0 saturated carbocycles. The van der Waals surface area contributed by atoms with Crippen LogP contribution in [0.3, 0.4) is 0 Å². The Morgan fingerprint density at radius 1 is 1.03 bits per heavy atom. The molecule has 0 atom stereocenters. The number of nitrogens with zero attached hydrogens (tertiary/aromatic N) is 4. The minimum atomic E-state index is 0.247. The second-order valence-electron chi connectivity index (χ2n) is 7.60. The lowest BCUT2D eigenvalue weighted by Crippen LogP contribution is -2.13. The highest BCUT2D eigenvalue weighted by Crippen LogP contribution is 2.36. The fourth-order valence-electron chi connectivity index (χ4n) is 3.66. The Hall–Kier alpha value is -2.87. The molecule has 0 unspecified atom stereocenters. The fraction of sp³-hybridized carbons (Fsp3) is 0.208. The van der Waals surface area contributed by atoms with Gasteiger partial charge in [0.05, 0.1) is 12.3 Å². The Labute approximate surface area is 195 Å². The molecule has 2 aromatic heterocycles. The van der Waals surface area contributed by atoms with E-state index in [1.807, 2.05) is 24.3 Å². The van der Waals surface area contributed by atoms with Crippen molar-refractivity contribution in [1.29, 1.82) is 0 Å². The molecule has 1 aliphatic rings. The molecule has 0 spiro atoms. The molecule has 162 valence electrons. The highest BCUT2D eigenvalue weighted by Gasteiger charge is 2.20. The number of halogens is 1. The van der Waals surface area contributed by atoms with E-state index in [1.54, 1.807) is 24.2 Å². The summed E-state index contributed by atoms with van der Waals surface area (Å²) in [5.41, 5.74) is 6.41. The zero-order chi connectivity index (χ0) is 22.1. The molecular weight excluding hydrogens is 444 g/mol. The Morgan fingerprint density at radius 2 is 1.88 bits per heavy atom. The van der Waals surface area contributed by atoms with E-state index in [-0.39, 0.29) is 6.79 Å². The van der Waals surface area contributed by atoms with E-state index in [9.17, 15) is 0 Å². The zero-order valence-electron chi connectivity index (χ0n) is 17.7. The molecule has 1 aliphatic heterocycles. The maximum Gasteiger partial charge on any atom is 0.196 e. The number of ether oxygens (including phenoxy) is 2. The normalized spacial score (nSPS) is 13.0. The van der Waals surface area contributed by atoms with E-state index in [0.29, 0.717) is 17.4 Å². The number of thioether (sulfide) groups is 1. The largest absolute Gasteiger partial charge is 0.467 e. The van der Waals surface area contributed by atoms with Crippen LogP contribution in [0.15, 0.2) is 60.0 Å². The van der Waals surface area contributed by atoms with Crippen LogP contribution >= 0.6 is 23.4 Å². The lowest BCUT2D eigenvalue weighted by molar-refractivity contribution is -0.0168. The minimum Gasteiger partial charge on any atom is -0.467 e. The van der Waals surface area contributed by atoms with Gasteiger partial charge in [-0.1, -0.05) is 29.4 Å². The molecular formula is C24H21ClN4O2S. The first kappa shape index (κ1) is 21.0. The third kappa shape index (κ3) is 4.11. The van der Waals surface area contributed by atoms with E-state index < -0.39 is 0 Å². The van der Waals surface area contributed by atoms with Crippen molar-refractivity contribution >= 4 is 23.4 Å². The van der Waals surface area contributed by atoms with E-state index in [0.717, 1.165) is 39.1 Å². The maximum atomic E-state index is 6.35. The molecule has 0 N–H and O–H groups in total. The SMILES string of the molecule is Cc1ccc(-n2c(SCc3cc(Cl)cc4c3OCOC4)nnc2-c2ccncc2)cc1C. The van der Waals surface area contributed by atoms with Gasteiger partial charge in [0.2, 0.25) is 0 Å². The molecule has 6 nitrogen and oxygen atoms in total. The lowest BCUT2D eigenvalue weighted by atomic mass is 10.1. The average molecular weight is 465 g/mol. The van der Waals surface area contributed by atoms with Crippen LogP contribution in [0.1, 0.15) is 22.3 Å². The third-order valence-electron chi connectivity index (χ3n) is 5.43. The number of hydrogen-bond acceptors (Lipinski definition) is 6. The molecule has 2 aromatic carbocycles. The van der Waals surface area contributed by atoms with Gasteiger partial charge < -0.3 is 9.47 Å². The molecule has 32 heavy (non-hydrogen) atoms. The van der Waals surface area contributed by atoms with Gasteiger partial charge in [-0.3, -0.25) is 9.55 Å². The number of rotatable bonds is 5. The topological polar surface area (TPSA) is 62.1 Å². The highest BCUT2D eigenvalue weighted by molar-refractivity contribution is 7.98. The quantitative estimate of drug-likeness (QED) is 0.350. The molecule has 5 rings (SSSR count).